The van der Waals surface area contributed by atoms with Crippen molar-refractivity contribution in [3.63, 3.8) is 0 Å². The highest BCUT2D eigenvalue weighted by Gasteiger charge is 2.45. The van der Waals surface area contributed by atoms with Crippen molar-refractivity contribution in [1.29, 1.82) is 5.26 Å². The molecule has 2 aromatic rings. The minimum Gasteiger partial charge on any atom is -0.488 e. The summed E-state index contributed by atoms with van der Waals surface area (Å²) >= 11 is 7.81. The molecule has 1 aromatic carbocycles. The van der Waals surface area contributed by atoms with Crippen LogP contribution in [-0.2, 0) is 11.2 Å². The van der Waals surface area contributed by atoms with E-state index < -0.39 is 23.4 Å². The highest BCUT2D eigenvalue weighted by molar-refractivity contribution is 7.99. The molecule has 2 bridgehead atoms. The monoisotopic (exact) mass is 482 g/mol. The lowest BCUT2D eigenvalue weighted by molar-refractivity contribution is -0.123. The molecule has 33 heavy (non-hydrogen) atoms. The number of pyridine rings is 1. The molecule has 0 saturated heterocycles. The number of aromatic nitrogens is 1. The van der Waals surface area contributed by atoms with E-state index in [-0.39, 0.29) is 6.42 Å². The zero-order valence-electron chi connectivity index (χ0n) is 18.1. The Morgan fingerprint density at radius 2 is 2.15 bits per heavy atom. The molecule has 1 aliphatic carbocycles. The Kier molecular flexibility index (Phi) is 6.91. The molecule has 1 atom stereocenters. The number of nitriles is 1. The van der Waals surface area contributed by atoms with Gasteiger partial charge in [-0.2, -0.15) is 5.26 Å². The van der Waals surface area contributed by atoms with E-state index in [1.165, 1.54) is 11.8 Å². The summed E-state index contributed by atoms with van der Waals surface area (Å²) in [5.74, 6) is 0.339. The van der Waals surface area contributed by atoms with Crippen LogP contribution in [0.15, 0.2) is 47.5 Å². The van der Waals surface area contributed by atoms with Gasteiger partial charge in [0.05, 0.1) is 16.7 Å². The standard InChI is InChI=1S/C24H23ClN4O3S/c1-15-4-6-17-21(30)28-19(22(31)29-24(14-26)8-9-24)13-16-5-7-20(18(25)12-16)32-10-2-3-11-33-23(17)27-15/h2-7,12,19H,8-11,13H2,1H3,(H,28,30)(H,29,31)/t19-/m0/s1. The van der Waals surface area contributed by atoms with Crippen molar-refractivity contribution in [3.05, 3.63) is 64.3 Å². The molecule has 1 fully saturated rings. The number of carbonyl (C=O) groups excluding carboxylic acids is 2. The number of carbonyl (C=O) groups is 2. The quantitative estimate of drug-likeness (QED) is 0.634. The Balaban J connectivity index is 1.67. The molecule has 3 aliphatic rings. The van der Waals surface area contributed by atoms with Crippen LogP contribution in [0.5, 0.6) is 5.75 Å². The van der Waals surface area contributed by atoms with Crippen molar-refractivity contribution < 1.29 is 14.3 Å². The molecular weight excluding hydrogens is 460 g/mol. The van der Waals surface area contributed by atoms with Crippen LogP contribution in [0.1, 0.15) is 34.5 Å². The zero-order valence-corrected chi connectivity index (χ0v) is 19.6. The number of aryl methyl sites for hydroxylation is 1. The summed E-state index contributed by atoms with van der Waals surface area (Å²) in [6.07, 6.45) is 5.24. The first kappa shape index (κ1) is 23.1. The van der Waals surface area contributed by atoms with Gasteiger partial charge in [-0.1, -0.05) is 29.8 Å². The first-order valence-electron chi connectivity index (χ1n) is 10.6. The first-order chi connectivity index (χ1) is 15.9. The smallest absolute Gasteiger partial charge is 0.254 e. The Hall–Kier alpha value is -3.02. The van der Waals surface area contributed by atoms with Crippen LogP contribution in [0.2, 0.25) is 5.02 Å². The third-order valence-corrected chi connectivity index (χ3v) is 6.69. The topological polar surface area (TPSA) is 104 Å². The number of amides is 2. The van der Waals surface area contributed by atoms with Gasteiger partial charge in [-0.15, -0.1) is 11.8 Å². The number of nitrogens with zero attached hydrogens (tertiary/aromatic N) is 2. The largest absolute Gasteiger partial charge is 0.488 e. The molecule has 2 aliphatic heterocycles. The summed E-state index contributed by atoms with van der Waals surface area (Å²) in [5.41, 5.74) is 1.11. The van der Waals surface area contributed by atoms with Crippen molar-refractivity contribution in [1.82, 2.24) is 15.6 Å². The summed E-state index contributed by atoms with van der Waals surface area (Å²) in [5, 5.41) is 16.0. The van der Waals surface area contributed by atoms with E-state index in [1.54, 1.807) is 24.3 Å². The molecular formula is C24H23ClN4O3S. The van der Waals surface area contributed by atoms with Gasteiger partial charge < -0.3 is 15.4 Å². The van der Waals surface area contributed by atoms with E-state index in [0.29, 0.717) is 46.6 Å². The molecule has 9 heteroatoms. The first-order valence-corrected chi connectivity index (χ1v) is 12.0. The van der Waals surface area contributed by atoms with Crippen LogP contribution in [0.25, 0.3) is 0 Å². The van der Waals surface area contributed by atoms with Gasteiger partial charge in [-0.25, -0.2) is 4.98 Å². The number of nitrogens with one attached hydrogen (secondary N) is 2. The lowest BCUT2D eigenvalue weighted by Gasteiger charge is -2.21. The number of rotatable bonds is 2. The lowest BCUT2D eigenvalue weighted by atomic mass is 10.0. The Labute approximate surface area is 201 Å². The Morgan fingerprint density at radius 1 is 1.33 bits per heavy atom. The average molecular weight is 483 g/mol. The fraction of sp³-hybridized carbons (Fsp3) is 0.333. The second-order valence-corrected chi connectivity index (χ2v) is 9.49. The van der Waals surface area contributed by atoms with Crippen molar-refractivity contribution in [3.8, 4) is 11.8 Å². The molecule has 0 radical (unpaired) electrons. The van der Waals surface area contributed by atoms with Gasteiger partial charge in [0.1, 0.15) is 29.0 Å². The number of fused-ring (bicyclic) bond motifs is 9. The normalized spacial score (nSPS) is 19.5. The lowest BCUT2D eigenvalue weighted by Crippen LogP contribution is -2.51. The van der Waals surface area contributed by atoms with Crippen LogP contribution in [0, 0.1) is 18.3 Å². The Bertz CT molecular complexity index is 1160. The van der Waals surface area contributed by atoms with Gasteiger partial charge in [-0.05, 0) is 49.6 Å². The van der Waals surface area contributed by atoms with Crippen molar-refractivity contribution in [2.75, 3.05) is 12.4 Å². The van der Waals surface area contributed by atoms with Gasteiger partial charge in [0.2, 0.25) is 5.91 Å². The molecule has 1 aromatic heterocycles. The van der Waals surface area contributed by atoms with Crippen LogP contribution in [0.4, 0.5) is 0 Å². The predicted molar refractivity (Wildman–Crippen MR) is 126 cm³/mol. The number of halogens is 1. The maximum Gasteiger partial charge on any atom is 0.254 e. The van der Waals surface area contributed by atoms with Gasteiger partial charge >= 0.3 is 0 Å². The molecule has 0 unspecified atom stereocenters. The second kappa shape index (κ2) is 9.86. The van der Waals surface area contributed by atoms with Crippen LogP contribution >= 0.6 is 23.4 Å². The molecule has 0 spiro atoms. The third-order valence-electron chi connectivity index (χ3n) is 5.45. The number of hydrogen-bond acceptors (Lipinski definition) is 6. The van der Waals surface area contributed by atoms with Crippen LogP contribution in [0.3, 0.4) is 0 Å². The van der Waals surface area contributed by atoms with Crippen LogP contribution < -0.4 is 15.4 Å². The second-order valence-electron chi connectivity index (χ2n) is 8.08. The fourth-order valence-corrected chi connectivity index (χ4v) is 4.57. The van der Waals surface area contributed by atoms with Crippen LogP contribution in [-0.4, -0.2) is 40.7 Å². The summed E-state index contributed by atoms with van der Waals surface area (Å²) < 4.78 is 5.73. The molecule has 3 heterocycles. The third kappa shape index (κ3) is 5.67. The number of benzene rings is 1. The minimum absolute atomic E-state index is 0.209. The van der Waals surface area contributed by atoms with Gasteiger partial charge in [0, 0.05) is 17.9 Å². The average Bonchev–Trinajstić information content (AvgIpc) is 3.56. The molecule has 170 valence electrons. The summed E-state index contributed by atoms with van der Waals surface area (Å²) in [6, 6.07) is 10.0. The van der Waals surface area contributed by atoms with Crippen molar-refractivity contribution >= 4 is 35.2 Å². The highest BCUT2D eigenvalue weighted by Crippen LogP contribution is 2.34. The summed E-state index contributed by atoms with van der Waals surface area (Å²) in [7, 11) is 0. The van der Waals surface area contributed by atoms with Crippen molar-refractivity contribution in [2.45, 2.75) is 42.8 Å². The maximum absolute atomic E-state index is 13.2. The number of ether oxygens (including phenoxy) is 1. The van der Waals surface area contributed by atoms with Crippen molar-refractivity contribution in [2.24, 2.45) is 0 Å². The Morgan fingerprint density at radius 3 is 2.88 bits per heavy atom. The number of thioether (sulfide) groups is 1. The molecule has 2 amide bonds. The van der Waals surface area contributed by atoms with E-state index in [1.807, 2.05) is 25.1 Å². The van der Waals surface area contributed by atoms with Gasteiger partial charge in [0.25, 0.3) is 5.91 Å². The minimum atomic E-state index is -0.891. The fourth-order valence-electron chi connectivity index (χ4n) is 3.40. The zero-order chi connectivity index (χ0) is 23.4. The van der Waals surface area contributed by atoms with E-state index in [4.69, 9.17) is 16.3 Å². The van der Waals surface area contributed by atoms with Gasteiger partial charge in [-0.3, -0.25) is 9.59 Å². The molecule has 5 rings (SSSR count). The number of hydrogen-bond donors (Lipinski definition) is 2. The van der Waals surface area contributed by atoms with E-state index in [2.05, 4.69) is 21.7 Å². The SMILES string of the molecule is Cc1ccc2c(n1)SCC=CCOc1ccc(cc1Cl)C[C@@H](C(=O)NC1(C#N)CC1)NC2=O. The maximum atomic E-state index is 13.2. The van der Waals surface area contributed by atoms with E-state index in [9.17, 15) is 14.9 Å². The van der Waals surface area contributed by atoms with E-state index in [0.717, 1.165) is 11.3 Å². The highest BCUT2D eigenvalue weighted by atomic mass is 35.5. The predicted octanol–water partition coefficient (Wildman–Crippen LogP) is 3.60. The summed E-state index contributed by atoms with van der Waals surface area (Å²) in [4.78, 5) is 30.8. The van der Waals surface area contributed by atoms with Gasteiger partial charge in [0.15, 0.2) is 0 Å². The molecule has 7 nitrogen and oxygen atoms in total. The van der Waals surface area contributed by atoms with E-state index >= 15 is 0 Å². The molecule has 2 N–H and O–H groups in total. The molecule has 1 saturated carbocycles. The summed E-state index contributed by atoms with van der Waals surface area (Å²) in [6.45, 7) is 2.22.